The predicted molar refractivity (Wildman–Crippen MR) is 82.7 cm³/mol. The zero-order chi connectivity index (χ0) is 14.7. The van der Waals surface area contributed by atoms with E-state index < -0.39 is 0 Å². The third kappa shape index (κ3) is 3.33. The van der Waals surface area contributed by atoms with Gasteiger partial charge in [-0.05, 0) is 17.7 Å². The number of amides is 1. The molecule has 1 fully saturated rings. The standard InChI is InChI=1S/C15H17N3O2S/c19-13-3-1-2-12(10-13)11-14(20)17-5-7-18(8-6-17)15-16-4-9-21-15/h1-4,9-10,19H,5-8,11H2. The van der Waals surface area contributed by atoms with Crippen molar-refractivity contribution in [3.8, 4) is 5.75 Å². The number of phenolic OH excluding ortho intramolecular Hbond substituents is 1. The fourth-order valence-electron chi connectivity index (χ4n) is 2.47. The number of benzene rings is 1. The molecule has 110 valence electrons. The lowest BCUT2D eigenvalue weighted by Gasteiger charge is -2.34. The molecule has 0 unspecified atom stereocenters. The summed E-state index contributed by atoms with van der Waals surface area (Å²) in [6, 6.07) is 6.88. The van der Waals surface area contributed by atoms with Gasteiger partial charge in [0.15, 0.2) is 5.13 Å². The van der Waals surface area contributed by atoms with Crippen molar-refractivity contribution in [1.29, 1.82) is 0 Å². The molecule has 2 aromatic rings. The molecule has 1 amide bonds. The van der Waals surface area contributed by atoms with Gasteiger partial charge in [0, 0.05) is 37.8 Å². The summed E-state index contributed by atoms with van der Waals surface area (Å²) in [5.41, 5.74) is 0.849. The lowest BCUT2D eigenvalue weighted by molar-refractivity contribution is -0.130. The van der Waals surface area contributed by atoms with Crippen LogP contribution in [0, 0.1) is 0 Å². The Balaban J connectivity index is 1.55. The Bertz CT molecular complexity index is 607. The molecular weight excluding hydrogens is 286 g/mol. The van der Waals surface area contributed by atoms with Gasteiger partial charge in [0.25, 0.3) is 0 Å². The molecule has 0 atom stereocenters. The fourth-order valence-corrected chi connectivity index (χ4v) is 3.17. The van der Waals surface area contributed by atoms with Gasteiger partial charge >= 0.3 is 0 Å². The zero-order valence-electron chi connectivity index (χ0n) is 11.6. The topological polar surface area (TPSA) is 56.7 Å². The third-order valence-corrected chi connectivity index (χ3v) is 4.42. The minimum Gasteiger partial charge on any atom is -0.508 e. The second-order valence-corrected chi connectivity index (χ2v) is 5.90. The second-order valence-electron chi connectivity index (χ2n) is 5.03. The van der Waals surface area contributed by atoms with Crippen molar-refractivity contribution >= 4 is 22.4 Å². The molecule has 0 saturated carbocycles. The maximum absolute atomic E-state index is 12.3. The molecule has 21 heavy (non-hydrogen) atoms. The lowest BCUT2D eigenvalue weighted by Crippen LogP contribution is -2.49. The molecule has 6 heteroatoms. The van der Waals surface area contributed by atoms with E-state index in [1.54, 1.807) is 35.7 Å². The molecule has 1 N–H and O–H groups in total. The Kier molecular flexibility index (Phi) is 4.06. The quantitative estimate of drug-likeness (QED) is 0.938. The van der Waals surface area contributed by atoms with E-state index in [2.05, 4.69) is 9.88 Å². The van der Waals surface area contributed by atoms with E-state index >= 15 is 0 Å². The molecule has 2 heterocycles. The molecule has 1 aliphatic rings. The van der Waals surface area contributed by atoms with Crippen LogP contribution in [0.4, 0.5) is 5.13 Å². The van der Waals surface area contributed by atoms with Crippen LogP contribution < -0.4 is 4.90 Å². The van der Waals surface area contributed by atoms with Crippen LogP contribution in [0.5, 0.6) is 5.75 Å². The molecule has 1 aliphatic heterocycles. The first-order valence-corrected chi connectivity index (χ1v) is 7.80. The summed E-state index contributed by atoms with van der Waals surface area (Å²) in [6.07, 6.45) is 2.14. The molecule has 5 nitrogen and oxygen atoms in total. The predicted octanol–water partition coefficient (Wildman–Crippen LogP) is 1.74. The Hall–Kier alpha value is -2.08. The van der Waals surface area contributed by atoms with Crippen LogP contribution in [0.1, 0.15) is 5.56 Å². The minimum atomic E-state index is 0.111. The summed E-state index contributed by atoms with van der Waals surface area (Å²) >= 11 is 1.63. The molecule has 1 aromatic carbocycles. The average Bonchev–Trinajstić information content (AvgIpc) is 3.01. The number of anilines is 1. The molecule has 0 bridgehead atoms. The number of hydrogen-bond donors (Lipinski definition) is 1. The zero-order valence-corrected chi connectivity index (χ0v) is 12.4. The summed E-state index contributed by atoms with van der Waals surface area (Å²) in [4.78, 5) is 20.7. The summed E-state index contributed by atoms with van der Waals surface area (Å²) in [5.74, 6) is 0.313. The molecule has 0 spiro atoms. The Morgan fingerprint density at radius 1 is 1.29 bits per heavy atom. The monoisotopic (exact) mass is 303 g/mol. The van der Waals surface area contributed by atoms with Crippen molar-refractivity contribution < 1.29 is 9.90 Å². The summed E-state index contributed by atoms with van der Waals surface area (Å²) in [7, 11) is 0. The fraction of sp³-hybridized carbons (Fsp3) is 0.333. The van der Waals surface area contributed by atoms with Crippen LogP contribution >= 0.6 is 11.3 Å². The minimum absolute atomic E-state index is 0.111. The van der Waals surface area contributed by atoms with Crippen LogP contribution in [-0.4, -0.2) is 47.1 Å². The molecule has 1 saturated heterocycles. The first-order valence-electron chi connectivity index (χ1n) is 6.92. The highest BCUT2D eigenvalue weighted by Gasteiger charge is 2.22. The summed E-state index contributed by atoms with van der Waals surface area (Å²) < 4.78 is 0. The molecule has 0 radical (unpaired) electrons. The number of hydrogen-bond acceptors (Lipinski definition) is 5. The van der Waals surface area contributed by atoms with Gasteiger partial charge in [0.05, 0.1) is 6.42 Å². The summed E-state index contributed by atoms with van der Waals surface area (Å²) in [5, 5.41) is 12.4. The maximum Gasteiger partial charge on any atom is 0.227 e. The Morgan fingerprint density at radius 2 is 2.10 bits per heavy atom. The number of carbonyl (C=O) groups is 1. The maximum atomic E-state index is 12.3. The van der Waals surface area contributed by atoms with Crippen molar-refractivity contribution in [2.24, 2.45) is 0 Å². The van der Waals surface area contributed by atoms with E-state index in [1.807, 2.05) is 16.3 Å². The number of carbonyl (C=O) groups excluding carboxylic acids is 1. The van der Waals surface area contributed by atoms with Gasteiger partial charge < -0.3 is 14.9 Å². The number of aromatic hydroxyl groups is 1. The van der Waals surface area contributed by atoms with E-state index in [-0.39, 0.29) is 11.7 Å². The van der Waals surface area contributed by atoms with Crippen LogP contribution in [-0.2, 0) is 11.2 Å². The lowest BCUT2D eigenvalue weighted by atomic mass is 10.1. The normalized spacial score (nSPS) is 15.2. The Labute approximate surface area is 127 Å². The van der Waals surface area contributed by atoms with Gasteiger partial charge in [-0.25, -0.2) is 4.98 Å². The highest BCUT2D eigenvalue weighted by atomic mass is 32.1. The number of piperazine rings is 1. The second kappa shape index (κ2) is 6.13. The number of thiazole rings is 1. The summed E-state index contributed by atoms with van der Waals surface area (Å²) in [6.45, 7) is 3.08. The van der Waals surface area contributed by atoms with Gasteiger partial charge in [0.1, 0.15) is 5.75 Å². The van der Waals surface area contributed by atoms with Crippen molar-refractivity contribution in [3.63, 3.8) is 0 Å². The van der Waals surface area contributed by atoms with E-state index in [4.69, 9.17) is 0 Å². The number of phenols is 1. The largest absolute Gasteiger partial charge is 0.508 e. The van der Waals surface area contributed by atoms with E-state index in [0.29, 0.717) is 6.42 Å². The first-order chi connectivity index (χ1) is 10.2. The van der Waals surface area contributed by atoms with Crippen LogP contribution in [0.15, 0.2) is 35.8 Å². The molecule has 0 aliphatic carbocycles. The highest BCUT2D eigenvalue weighted by molar-refractivity contribution is 7.13. The van der Waals surface area contributed by atoms with Crippen molar-refractivity contribution in [2.75, 3.05) is 31.1 Å². The van der Waals surface area contributed by atoms with Gasteiger partial charge in [-0.2, -0.15) is 0 Å². The smallest absolute Gasteiger partial charge is 0.227 e. The number of rotatable bonds is 3. The third-order valence-electron chi connectivity index (χ3n) is 3.59. The number of aromatic nitrogens is 1. The number of nitrogens with zero attached hydrogens (tertiary/aromatic N) is 3. The van der Waals surface area contributed by atoms with Crippen LogP contribution in [0.25, 0.3) is 0 Å². The molecular formula is C15H17N3O2S. The van der Waals surface area contributed by atoms with Crippen molar-refractivity contribution in [1.82, 2.24) is 9.88 Å². The average molecular weight is 303 g/mol. The molecule has 1 aromatic heterocycles. The molecule has 3 rings (SSSR count). The van der Waals surface area contributed by atoms with Crippen molar-refractivity contribution in [3.05, 3.63) is 41.4 Å². The van der Waals surface area contributed by atoms with E-state index in [9.17, 15) is 9.90 Å². The first kappa shape index (κ1) is 13.9. The van der Waals surface area contributed by atoms with E-state index in [0.717, 1.165) is 36.9 Å². The van der Waals surface area contributed by atoms with Gasteiger partial charge in [-0.15, -0.1) is 11.3 Å². The van der Waals surface area contributed by atoms with E-state index in [1.165, 1.54) is 0 Å². The van der Waals surface area contributed by atoms with Gasteiger partial charge in [-0.1, -0.05) is 12.1 Å². The van der Waals surface area contributed by atoms with Gasteiger partial charge in [-0.3, -0.25) is 4.79 Å². The SMILES string of the molecule is O=C(Cc1cccc(O)c1)N1CCN(c2nccs2)CC1. The van der Waals surface area contributed by atoms with Crippen molar-refractivity contribution in [2.45, 2.75) is 6.42 Å². The van der Waals surface area contributed by atoms with Crippen LogP contribution in [0.2, 0.25) is 0 Å². The van der Waals surface area contributed by atoms with Crippen LogP contribution in [0.3, 0.4) is 0 Å². The van der Waals surface area contributed by atoms with Gasteiger partial charge in [0.2, 0.25) is 5.91 Å². The highest BCUT2D eigenvalue weighted by Crippen LogP contribution is 2.19. The Morgan fingerprint density at radius 3 is 2.76 bits per heavy atom.